The molecule has 2 rings (SSSR count). The average molecular weight is 251 g/mol. The Kier molecular flexibility index (Phi) is 3.54. The first-order valence-electron chi connectivity index (χ1n) is 5.41. The lowest BCUT2D eigenvalue weighted by molar-refractivity contribution is 0.767. The summed E-state index contributed by atoms with van der Waals surface area (Å²) in [5.41, 5.74) is 8.41. The molecule has 0 fully saturated rings. The van der Waals surface area contributed by atoms with E-state index in [-0.39, 0.29) is 0 Å². The van der Waals surface area contributed by atoms with Crippen LogP contribution in [0, 0.1) is 0 Å². The van der Waals surface area contributed by atoms with E-state index in [0.717, 1.165) is 18.7 Å². The summed E-state index contributed by atoms with van der Waals surface area (Å²) >= 11 is 6.06. The predicted molar refractivity (Wildman–Crippen MR) is 71.3 cm³/mol. The maximum atomic E-state index is 6.06. The molecule has 3 N–H and O–H groups in total. The fourth-order valence-corrected chi connectivity index (χ4v) is 1.87. The van der Waals surface area contributed by atoms with E-state index in [4.69, 9.17) is 17.3 Å². The van der Waals surface area contributed by atoms with Gasteiger partial charge in [-0.05, 0) is 30.2 Å². The standard InChI is InChI=1S/C12H15ClN4/c1-17-8-9(7-16-17)4-5-15-12-3-2-10(14)6-11(12)13/h2-3,6-8,15H,4-5,14H2,1H3. The van der Waals surface area contributed by atoms with Crippen LogP contribution in [-0.2, 0) is 13.5 Å². The number of rotatable bonds is 4. The van der Waals surface area contributed by atoms with Crippen molar-refractivity contribution in [1.82, 2.24) is 9.78 Å². The second kappa shape index (κ2) is 5.10. The zero-order valence-corrected chi connectivity index (χ0v) is 10.4. The number of nitrogens with zero attached hydrogens (tertiary/aromatic N) is 2. The first-order valence-corrected chi connectivity index (χ1v) is 5.79. The minimum atomic E-state index is 0.649. The summed E-state index contributed by atoms with van der Waals surface area (Å²) in [5.74, 6) is 0. The lowest BCUT2D eigenvalue weighted by Gasteiger charge is -2.08. The number of halogens is 1. The Morgan fingerprint density at radius 1 is 1.47 bits per heavy atom. The van der Waals surface area contributed by atoms with Gasteiger partial charge in [-0.3, -0.25) is 4.68 Å². The summed E-state index contributed by atoms with van der Waals surface area (Å²) in [6, 6.07) is 5.47. The topological polar surface area (TPSA) is 55.9 Å². The SMILES string of the molecule is Cn1cc(CCNc2ccc(N)cc2Cl)cn1. The smallest absolute Gasteiger partial charge is 0.0657 e. The largest absolute Gasteiger partial charge is 0.399 e. The first-order chi connectivity index (χ1) is 8.15. The van der Waals surface area contributed by atoms with Gasteiger partial charge in [-0.25, -0.2) is 0 Å². The summed E-state index contributed by atoms with van der Waals surface area (Å²) in [6.45, 7) is 0.815. The van der Waals surface area contributed by atoms with Gasteiger partial charge in [-0.1, -0.05) is 11.6 Å². The van der Waals surface area contributed by atoms with Crippen LogP contribution in [0.3, 0.4) is 0 Å². The van der Waals surface area contributed by atoms with Crippen LogP contribution in [0.1, 0.15) is 5.56 Å². The molecule has 0 radical (unpaired) electrons. The van der Waals surface area contributed by atoms with Crippen LogP contribution >= 0.6 is 11.6 Å². The molecule has 1 heterocycles. The van der Waals surface area contributed by atoms with E-state index >= 15 is 0 Å². The molecule has 0 bridgehead atoms. The molecule has 0 aliphatic heterocycles. The molecule has 4 nitrogen and oxygen atoms in total. The van der Waals surface area contributed by atoms with Gasteiger partial charge in [0.25, 0.3) is 0 Å². The van der Waals surface area contributed by atoms with Gasteiger partial charge >= 0.3 is 0 Å². The van der Waals surface area contributed by atoms with Gasteiger partial charge in [0.15, 0.2) is 0 Å². The molecule has 2 aromatic rings. The van der Waals surface area contributed by atoms with Gasteiger partial charge in [-0.2, -0.15) is 5.10 Å². The molecule has 0 saturated carbocycles. The lowest BCUT2D eigenvalue weighted by atomic mass is 10.2. The maximum absolute atomic E-state index is 6.06. The van der Waals surface area contributed by atoms with Crippen LogP contribution in [-0.4, -0.2) is 16.3 Å². The van der Waals surface area contributed by atoms with Crippen molar-refractivity contribution in [2.24, 2.45) is 7.05 Å². The monoisotopic (exact) mass is 250 g/mol. The highest BCUT2D eigenvalue weighted by atomic mass is 35.5. The normalized spacial score (nSPS) is 10.5. The fraction of sp³-hybridized carbons (Fsp3) is 0.250. The Morgan fingerprint density at radius 2 is 2.29 bits per heavy atom. The molecule has 0 atom stereocenters. The van der Waals surface area contributed by atoms with Crippen molar-refractivity contribution in [3.8, 4) is 0 Å². The Balaban J connectivity index is 1.90. The molecule has 0 saturated heterocycles. The van der Waals surface area contributed by atoms with Crippen LogP contribution in [0.4, 0.5) is 11.4 Å². The molecule has 0 aliphatic carbocycles. The van der Waals surface area contributed by atoms with Crippen molar-refractivity contribution in [3.63, 3.8) is 0 Å². The van der Waals surface area contributed by atoms with Crippen molar-refractivity contribution in [3.05, 3.63) is 41.2 Å². The van der Waals surface area contributed by atoms with Crippen LogP contribution in [0.2, 0.25) is 5.02 Å². The Hall–Kier alpha value is -1.68. The third-order valence-corrected chi connectivity index (χ3v) is 2.79. The minimum Gasteiger partial charge on any atom is -0.399 e. The molecule has 90 valence electrons. The van der Waals surface area contributed by atoms with E-state index in [0.29, 0.717) is 10.7 Å². The highest BCUT2D eigenvalue weighted by molar-refractivity contribution is 6.33. The van der Waals surface area contributed by atoms with Crippen LogP contribution < -0.4 is 11.1 Å². The van der Waals surface area contributed by atoms with Crippen molar-refractivity contribution in [1.29, 1.82) is 0 Å². The molecular formula is C12H15ClN4. The van der Waals surface area contributed by atoms with E-state index in [1.165, 1.54) is 5.56 Å². The number of aromatic nitrogens is 2. The maximum Gasteiger partial charge on any atom is 0.0657 e. The van der Waals surface area contributed by atoms with Gasteiger partial charge < -0.3 is 11.1 Å². The van der Waals surface area contributed by atoms with Gasteiger partial charge in [0.1, 0.15) is 0 Å². The summed E-state index contributed by atoms with van der Waals surface area (Å²) < 4.78 is 1.80. The van der Waals surface area contributed by atoms with Crippen LogP contribution in [0.25, 0.3) is 0 Å². The molecule has 17 heavy (non-hydrogen) atoms. The van der Waals surface area contributed by atoms with Crippen molar-refractivity contribution in [2.45, 2.75) is 6.42 Å². The summed E-state index contributed by atoms with van der Waals surface area (Å²) in [7, 11) is 1.91. The molecule has 0 amide bonds. The molecule has 0 spiro atoms. The van der Waals surface area contributed by atoms with Crippen molar-refractivity contribution >= 4 is 23.0 Å². The summed E-state index contributed by atoms with van der Waals surface area (Å²) in [4.78, 5) is 0. The first kappa shape index (κ1) is 11.8. The number of anilines is 2. The molecule has 0 unspecified atom stereocenters. The number of hydrogen-bond donors (Lipinski definition) is 2. The number of nitrogens with one attached hydrogen (secondary N) is 1. The average Bonchev–Trinajstić information content (AvgIpc) is 2.68. The number of benzene rings is 1. The number of nitrogen functional groups attached to an aromatic ring is 1. The van der Waals surface area contributed by atoms with Crippen LogP contribution in [0.5, 0.6) is 0 Å². The van der Waals surface area contributed by atoms with Gasteiger partial charge in [0.05, 0.1) is 16.9 Å². The quantitative estimate of drug-likeness (QED) is 0.819. The lowest BCUT2D eigenvalue weighted by Crippen LogP contribution is -2.05. The second-order valence-corrected chi connectivity index (χ2v) is 4.35. The molecule has 1 aromatic carbocycles. The Bertz CT molecular complexity index is 507. The summed E-state index contributed by atoms with van der Waals surface area (Å²) in [5, 5.41) is 8.04. The number of aryl methyl sites for hydroxylation is 1. The van der Waals surface area contributed by atoms with E-state index in [9.17, 15) is 0 Å². The molecule has 5 heteroatoms. The van der Waals surface area contributed by atoms with E-state index in [2.05, 4.69) is 10.4 Å². The molecule has 0 aliphatic rings. The van der Waals surface area contributed by atoms with Crippen molar-refractivity contribution < 1.29 is 0 Å². The highest BCUT2D eigenvalue weighted by Gasteiger charge is 2.00. The van der Waals surface area contributed by atoms with Gasteiger partial charge in [0, 0.05) is 25.5 Å². The van der Waals surface area contributed by atoms with E-state index in [1.807, 2.05) is 31.6 Å². The van der Waals surface area contributed by atoms with Gasteiger partial charge in [0.2, 0.25) is 0 Å². The highest BCUT2D eigenvalue weighted by Crippen LogP contribution is 2.23. The van der Waals surface area contributed by atoms with Crippen molar-refractivity contribution in [2.75, 3.05) is 17.6 Å². The Morgan fingerprint density at radius 3 is 2.94 bits per heavy atom. The van der Waals surface area contributed by atoms with E-state index < -0.39 is 0 Å². The zero-order chi connectivity index (χ0) is 12.3. The van der Waals surface area contributed by atoms with E-state index in [1.54, 1.807) is 10.7 Å². The third kappa shape index (κ3) is 3.14. The number of hydrogen-bond acceptors (Lipinski definition) is 3. The minimum absolute atomic E-state index is 0.649. The second-order valence-electron chi connectivity index (χ2n) is 3.94. The third-order valence-electron chi connectivity index (χ3n) is 2.48. The van der Waals surface area contributed by atoms with Crippen LogP contribution in [0.15, 0.2) is 30.6 Å². The predicted octanol–water partition coefficient (Wildman–Crippen LogP) is 2.31. The number of nitrogens with two attached hydrogens (primary N) is 1. The summed E-state index contributed by atoms with van der Waals surface area (Å²) in [6.07, 6.45) is 4.78. The van der Waals surface area contributed by atoms with Gasteiger partial charge in [-0.15, -0.1) is 0 Å². The molecule has 1 aromatic heterocycles. The zero-order valence-electron chi connectivity index (χ0n) is 9.65. The molecular weight excluding hydrogens is 236 g/mol. The fourth-order valence-electron chi connectivity index (χ4n) is 1.62. The Labute approximate surface area is 105 Å².